The highest BCUT2D eigenvalue weighted by atomic mass is 16.5. The van der Waals surface area contributed by atoms with Crippen molar-refractivity contribution in [3.63, 3.8) is 0 Å². The monoisotopic (exact) mass is 352 g/mol. The van der Waals surface area contributed by atoms with Gasteiger partial charge in [0.25, 0.3) is 0 Å². The van der Waals surface area contributed by atoms with Gasteiger partial charge in [-0.05, 0) is 48.7 Å². The van der Waals surface area contributed by atoms with Gasteiger partial charge < -0.3 is 20.3 Å². The third-order valence-corrected chi connectivity index (χ3v) is 3.93. The Morgan fingerprint density at radius 2 is 2.15 bits per heavy atom. The molecule has 0 saturated carbocycles. The van der Waals surface area contributed by atoms with Crippen LogP contribution < -0.4 is 15.2 Å². The van der Waals surface area contributed by atoms with Gasteiger partial charge in [0.05, 0.1) is 13.0 Å². The number of nitrogens with one attached hydrogen (secondary N) is 1. The summed E-state index contributed by atoms with van der Waals surface area (Å²) in [4.78, 5) is 12.8. The molecule has 1 aromatic heterocycles. The van der Waals surface area contributed by atoms with Crippen molar-refractivity contribution in [3.8, 4) is 11.5 Å². The van der Waals surface area contributed by atoms with Crippen LogP contribution in [0.5, 0.6) is 11.5 Å². The molecular formula is C18H18N5O3-. The molecule has 0 fully saturated rings. The largest absolute Gasteiger partial charge is 0.504 e. The smallest absolute Gasteiger partial charge is 0.232 e. The average Bonchev–Trinajstić information content (AvgIpc) is 3.15. The number of rotatable bonds is 6. The fourth-order valence-corrected chi connectivity index (χ4v) is 2.63. The molecule has 8 heteroatoms. The molecule has 3 aromatic rings. The van der Waals surface area contributed by atoms with Gasteiger partial charge in [-0.25, -0.2) is 0 Å². The topological polar surface area (TPSA) is 111 Å². The maximum atomic E-state index is 12.8. The second-order valence-electron chi connectivity index (χ2n) is 5.86. The van der Waals surface area contributed by atoms with Crippen molar-refractivity contribution in [1.29, 1.82) is 0 Å². The van der Waals surface area contributed by atoms with E-state index in [9.17, 15) is 9.90 Å². The number of tetrazole rings is 1. The number of hydrogen-bond donors (Lipinski definition) is 2. The van der Waals surface area contributed by atoms with Crippen LogP contribution in [0.2, 0.25) is 0 Å². The lowest BCUT2D eigenvalue weighted by Gasteiger charge is -2.18. The first-order chi connectivity index (χ1) is 12.6. The van der Waals surface area contributed by atoms with Gasteiger partial charge in [0.1, 0.15) is 0 Å². The molecule has 134 valence electrons. The molecule has 0 saturated heterocycles. The SMILES string of the molecule is COc1cc(C[C@H](C(=O)Nc2cccc(C)c2)c2nnn[n-]2)ccc1O. The molecule has 0 unspecified atom stereocenters. The molecule has 2 N–H and O–H groups in total. The van der Waals surface area contributed by atoms with E-state index >= 15 is 0 Å². The Hall–Kier alpha value is -3.42. The van der Waals surface area contributed by atoms with Crippen molar-refractivity contribution in [2.45, 2.75) is 19.3 Å². The van der Waals surface area contributed by atoms with Crippen LogP contribution in [0.25, 0.3) is 0 Å². The van der Waals surface area contributed by atoms with E-state index in [1.165, 1.54) is 13.2 Å². The normalized spacial score (nSPS) is 11.8. The lowest BCUT2D eigenvalue weighted by Crippen LogP contribution is -2.24. The second kappa shape index (κ2) is 7.64. The lowest BCUT2D eigenvalue weighted by atomic mass is 9.97. The summed E-state index contributed by atoms with van der Waals surface area (Å²) in [6.45, 7) is 1.95. The highest BCUT2D eigenvalue weighted by Crippen LogP contribution is 2.29. The van der Waals surface area contributed by atoms with Crippen LogP contribution in [-0.2, 0) is 11.2 Å². The summed E-state index contributed by atoms with van der Waals surface area (Å²) in [7, 11) is 1.47. The summed E-state index contributed by atoms with van der Waals surface area (Å²) in [5, 5.41) is 27.2. The van der Waals surface area contributed by atoms with E-state index < -0.39 is 5.92 Å². The van der Waals surface area contributed by atoms with Crippen LogP contribution in [0.15, 0.2) is 42.5 Å². The Balaban J connectivity index is 1.85. The number of nitrogens with zero attached hydrogens (tertiary/aromatic N) is 4. The minimum Gasteiger partial charge on any atom is -0.504 e. The molecule has 1 amide bonds. The number of carbonyl (C=O) groups excluding carboxylic acids is 1. The maximum Gasteiger partial charge on any atom is 0.232 e. The number of carbonyl (C=O) groups is 1. The Bertz CT molecular complexity index is 896. The fraction of sp³-hybridized carbons (Fsp3) is 0.222. The number of aryl methyl sites for hydroxylation is 1. The summed E-state index contributed by atoms with van der Waals surface area (Å²) >= 11 is 0. The number of methoxy groups -OCH3 is 1. The summed E-state index contributed by atoms with van der Waals surface area (Å²) < 4.78 is 5.12. The van der Waals surface area contributed by atoms with Crippen LogP contribution in [0, 0.1) is 6.92 Å². The molecule has 0 aliphatic rings. The molecule has 8 nitrogen and oxygen atoms in total. The van der Waals surface area contributed by atoms with E-state index in [0.717, 1.165) is 11.1 Å². The number of benzene rings is 2. The predicted molar refractivity (Wildman–Crippen MR) is 94.1 cm³/mol. The van der Waals surface area contributed by atoms with E-state index in [0.29, 0.717) is 17.9 Å². The van der Waals surface area contributed by atoms with E-state index in [2.05, 4.69) is 25.9 Å². The molecule has 0 aliphatic carbocycles. The summed E-state index contributed by atoms with van der Waals surface area (Å²) in [5.74, 6) is -0.343. The number of phenols is 1. The van der Waals surface area contributed by atoms with Gasteiger partial charge in [-0.3, -0.25) is 15.1 Å². The predicted octanol–water partition coefficient (Wildman–Crippen LogP) is 1.82. The minimum absolute atomic E-state index is 0.0323. The van der Waals surface area contributed by atoms with Gasteiger partial charge in [-0.2, -0.15) is 5.21 Å². The molecule has 0 bridgehead atoms. The van der Waals surface area contributed by atoms with Crippen molar-refractivity contribution in [2.75, 3.05) is 12.4 Å². The van der Waals surface area contributed by atoms with Gasteiger partial charge in [0.15, 0.2) is 11.5 Å². The van der Waals surface area contributed by atoms with E-state index in [1.807, 2.05) is 31.2 Å². The fourth-order valence-electron chi connectivity index (χ4n) is 2.63. The highest BCUT2D eigenvalue weighted by Gasteiger charge is 2.22. The van der Waals surface area contributed by atoms with Crippen LogP contribution in [0.1, 0.15) is 22.9 Å². The van der Waals surface area contributed by atoms with E-state index in [-0.39, 0.29) is 17.5 Å². The van der Waals surface area contributed by atoms with Gasteiger partial charge >= 0.3 is 0 Å². The van der Waals surface area contributed by atoms with Gasteiger partial charge in [0, 0.05) is 11.5 Å². The van der Waals surface area contributed by atoms with E-state index in [4.69, 9.17) is 4.74 Å². The van der Waals surface area contributed by atoms with E-state index in [1.54, 1.807) is 12.1 Å². The summed E-state index contributed by atoms with van der Waals surface area (Å²) in [6, 6.07) is 12.4. The second-order valence-corrected chi connectivity index (χ2v) is 5.86. The van der Waals surface area contributed by atoms with Crippen LogP contribution in [0.3, 0.4) is 0 Å². The van der Waals surface area contributed by atoms with Crippen molar-refractivity contribution < 1.29 is 14.6 Å². The third kappa shape index (κ3) is 3.97. The van der Waals surface area contributed by atoms with Crippen molar-refractivity contribution >= 4 is 11.6 Å². The van der Waals surface area contributed by atoms with Gasteiger partial charge in [-0.1, -0.05) is 18.2 Å². The quantitative estimate of drug-likeness (QED) is 0.696. The van der Waals surface area contributed by atoms with Crippen molar-refractivity contribution in [3.05, 3.63) is 59.4 Å². The number of phenolic OH excluding ortho intramolecular Hbond substituents is 1. The maximum absolute atomic E-state index is 12.8. The van der Waals surface area contributed by atoms with Crippen molar-refractivity contribution in [2.24, 2.45) is 0 Å². The lowest BCUT2D eigenvalue weighted by molar-refractivity contribution is -0.117. The number of aromatic nitrogens is 4. The number of amides is 1. The molecule has 0 spiro atoms. The average molecular weight is 352 g/mol. The number of aromatic hydroxyl groups is 1. The third-order valence-electron chi connectivity index (χ3n) is 3.93. The Labute approximate surface area is 150 Å². The highest BCUT2D eigenvalue weighted by molar-refractivity contribution is 5.95. The van der Waals surface area contributed by atoms with Crippen LogP contribution >= 0.6 is 0 Å². The molecule has 0 aliphatic heterocycles. The molecule has 1 atom stereocenters. The van der Waals surface area contributed by atoms with Crippen molar-refractivity contribution in [1.82, 2.24) is 20.6 Å². The first-order valence-electron chi connectivity index (χ1n) is 7.99. The zero-order valence-corrected chi connectivity index (χ0v) is 14.4. The standard InChI is InChI=1S/C18H19N5O3/c1-11-4-3-5-13(8-11)19-18(25)14(17-20-22-23-21-17)9-12-6-7-15(24)16(10-12)26-2/h3-8,10,14H,9H2,1-2H3,(H3,19,20,21,22,23,24,25)/p-1/t14-/m0/s1. The number of hydrogen-bond acceptors (Lipinski definition) is 6. The zero-order chi connectivity index (χ0) is 18.5. The Morgan fingerprint density at radius 1 is 1.31 bits per heavy atom. The van der Waals surface area contributed by atoms with Gasteiger partial charge in [0.2, 0.25) is 5.91 Å². The Morgan fingerprint density at radius 3 is 2.85 bits per heavy atom. The molecule has 3 rings (SSSR count). The molecule has 2 aromatic carbocycles. The molecule has 1 heterocycles. The molecule has 0 radical (unpaired) electrons. The minimum atomic E-state index is -0.681. The first-order valence-corrected chi connectivity index (χ1v) is 7.99. The zero-order valence-electron chi connectivity index (χ0n) is 14.4. The Kier molecular flexibility index (Phi) is 5.12. The number of ether oxygens (including phenoxy) is 1. The molecular weight excluding hydrogens is 334 g/mol. The van der Waals surface area contributed by atoms with Crippen LogP contribution in [0.4, 0.5) is 5.69 Å². The summed E-state index contributed by atoms with van der Waals surface area (Å²) in [6.07, 6.45) is 0.307. The molecule has 26 heavy (non-hydrogen) atoms. The van der Waals surface area contributed by atoms with Gasteiger partial charge in [-0.15, -0.1) is 0 Å². The van der Waals surface area contributed by atoms with Crippen LogP contribution in [-0.4, -0.2) is 33.6 Å². The number of anilines is 1. The first kappa shape index (κ1) is 17.4. The summed E-state index contributed by atoms with van der Waals surface area (Å²) in [5.41, 5.74) is 2.51.